The van der Waals surface area contributed by atoms with Crippen LogP contribution in [0.2, 0.25) is 0 Å². The third-order valence-corrected chi connectivity index (χ3v) is 3.94. The number of hydrogen-bond acceptors (Lipinski definition) is 3. The zero-order valence-corrected chi connectivity index (χ0v) is 11.6. The average molecular weight is 327 g/mol. The molecule has 2 heterocycles. The predicted octanol–water partition coefficient (Wildman–Crippen LogP) is 2.30. The van der Waals surface area contributed by atoms with Gasteiger partial charge in [-0.05, 0) is 18.2 Å². The highest BCUT2D eigenvalue weighted by molar-refractivity contribution is 5.96. The number of alkyl halides is 3. The van der Waals surface area contributed by atoms with Crippen molar-refractivity contribution in [2.75, 3.05) is 5.32 Å². The first kappa shape index (κ1) is 15.5. The number of ether oxygens (including phenoxy) is 1. The van der Waals surface area contributed by atoms with Crippen LogP contribution in [0.1, 0.15) is 5.56 Å². The molecule has 2 aliphatic rings. The first-order valence-corrected chi connectivity index (χ1v) is 6.82. The van der Waals surface area contributed by atoms with Gasteiger partial charge in [0.05, 0.1) is 23.7 Å². The number of carboxylic acids is 1. The summed E-state index contributed by atoms with van der Waals surface area (Å²) >= 11 is 0. The summed E-state index contributed by atoms with van der Waals surface area (Å²) in [5.74, 6) is -3.87. The van der Waals surface area contributed by atoms with Gasteiger partial charge in [0, 0.05) is 5.69 Å². The van der Waals surface area contributed by atoms with Gasteiger partial charge < -0.3 is 15.2 Å². The van der Waals surface area contributed by atoms with Crippen LogP contribution in [0.15, 0.2) is 36.4 Å². The highest BCUT2D eigenvalue weighted by Gasteiger charge is 2.53. The molecule has 1 aromatic carbocycles. The van der Waals surface area contributed by atoms with Crippen LogP contribution >= 0.6 is 0 Å². The van der Waals surface area contributed by atoms with Gasteiger partial charge in [0.15, 0.2) is 0 Å². The lowest BCUT2D eigenvalue weighted by molar-refractivity contribution is -0.145. The van der Waals surface area contributed by atoms with Crippen LogP contribution in [0, 0.1) is 11.8 Å². The van der Waals surface area contributed by atoms with Crippen molar-refractivity contribution in [1.29, 1.82) is 0 Å². The molecule has 5 nitrogen and oxygen atoms in total. The van der Waals surface area contributed by atoms with Crippen LogP contribution in [-0.2, 0) is 20.5 Å². The first-order chi connectivity index (χ1) is 10.8. The number of hydrogen-bond donors (Lipinski definition) is 2. The number of amides is 1. The lowest BCUT2D eigenvalue weighted by Crippen LogP contribution is -2.39. The predicted molar refractivity (Wildman–Crippen MR) is 72.5 cm³/mol. The minimum Gasteiger partial charge on any atom is -0.481 e. The Hall–Kier alpha value is -2.35. The molecule has 1 fully saturated rings. The second-order valence-electron chi connectivity index (χ2n) is 5.41. The third-order valence-electron chi connectivity index (χ3n) is 3.94. The molecule has 0 saturated carbocycles. The highest BCUT2D eigenvalue weighted by Crippen LogP contribution is 2.40. The Morgan fingerprint density at radius 3 is 2.39 bits per heavy atom. The summed E-state index contributed by atoms with van der Waals surface area (Å²) in [6.45, 7) is 0. The molecule has 8 heteroatoms. The molecule has 2 bridgehead atoms. The maximum Gasteiger partial charge on any atom is 0.416 e. The Labute approximate surface area is 128 Å². The number of fused-ring (bicyclic) bond motifs is 2. The van der Waals surface area contributed by atoms with Crippen LogP contribution < -0.4 is 5.32 Å². The van der Waals surface area contributed by atoms with E-state index < -0.39 is 47.7 Å². The van der Waals surface area contributed by atoms with E-state index in [-0.39, 0.29) is 5.69 Å². The number of carbonyl (C=O) groups excluding carboxylic acids is 1. The Morgan fingerprint density at radius 1 is 1.13 bits per heavy atom. The molecule has 0 radical (unpaired) electrons. The summed E-state index contributed by atoms with van der Waals surface area (Å²) in [6, 6.07) is 4.17. The van der Waals surface area contributed by atoms with Crippen LogP contribution in [-0.4, -0.2) is 29.2 Å². The fourth-order valence-electron chi connectivity index (χ4n) is 2.91. The fourth-order valence-corrected chi connectivity index (χ4v) is 2.91. The number of halogens is 3. The van der Waals surface area contributed by atoms with E-state index in [0.717, 1.165) is 12.1 Å². The summed E-state index contributed by atoms with van der Waals surface area (Å²) in [7, 11) is 0. The van der Waals surface area contributed by atoms with Gasteiger partial charge in [-0.1, -0.05) is 18.2 Å². The largest absolute Gasteiger partial charge is 0.481 e. The van der Waals surface area contributed by atoms with Crippen LogP contribution in [0.4, 0.5) is 18.9 Å². The number of anilines is 1. The van der Waals surface area contributed by atoms with Gasteiger partial charge in [-0.15, -0.1) is 0 Å². The van der Waals surface area contributed by atoms with Crippen molar-refractivity contribution in [2.24, 2.45) is 11.8 Å². The Balaban J connectivity index is 1.80. The van der Waals surface area contributed by atoms with Gasteiger partial charge in [-0.3, -0.25) is 9.59 Å². The number of rotatable bonds is 3. The third kappa shape index (κ3) is 2.81. The van der Waals surface area contributed by atoms with Crippen molar-refractivity contribution < 1.29 is 32.6 Å². The van der Waals surface area contributed by atoms with E-state index in [2.05, 4.69) is 5.32 Å². The van der Waals surface area contributed by atoms with Crippen molar-refractivity contribution in [3.63, 3.8) is 0 Å². The topological polar surface area (TPSA) is 75.6 Å². The van der Waals surface area contributed by atoms with Crippen LogP contribution in [0.25, 0.3) is 0 Å². The molecule has 1 amide bonds. The molecule has 0 aliphatic carbocycles. The van der Waals surface area contributed by atoms with Gasteiger partial charge in [0.2, 0.25) is 5.91 Å². The van der Waals surface area contributed by atoms with Crippen molar-refractivity contribution in [1.82, 2.24) is 0 Å². The van der Waals surface area contributed by atoms with Gasteiger partial charge in [-0.2, -0.15) is 13.2 Å². The van der Waals surface area contributed by atoms with Crippen molar-refractivity contribution in [3.05, 3.63) is 42.0 Å². The lowest BCUT2D eigenvalue weighted by Gasteiger charge is -2.21. The zero-order valence-electron chi connectivity index (χ0n) is 11.6. The van der Waals surface area contributed by atoms with Gasteiger partial charge in [0.25, 0.3) is 0 Å². The first-order valence-electron chi connectivity index (χ1n) is 6.82. The summed E-state index contributed by atoms with van der Waals surface area (Å²) in [4.78, 5) is 23.6. The van der Waals surface area contributed by atoms with Crippen molar-refractivity contribution in [3.8, 4) is 0 Å². The second kappa shape index (κ2) is 5.38. The van der Waals surface area contributed by atoms with Crippen molar-refractivity contribution >= 4 is 17.6 Å². The Kier molecular flexibility index (Phi) is 3.63. The average Bonchev–Trinajstić information content (AvgIpc) is 3.07. The molecule has 23 heavy (non-hydrogen) atoms. The van der Waals surface area contributed by atoms with Crippen LogP contribution in [0.5, 0.6) is 0 Å². The number of carbonyl (C=O) groups is 2. The maximum absolute atomic E-state index is 12.7. The number of carboxylic acid groups (broad SMARTS) is 1. The Morgan fingerprint density at radius 2 is 1.78 bits per heavy atom. The van der Waals surface area contributed by atoms with E-state index in [0.29, 0.717) is 0 Å². The molecule has 0 unspecified atom stereocenters. The van der Waals surface area contributed by atoms with Crippen molar-refractivity contribution in [2.45, 2.75) is 18.4 Å². The number of benzene rings is 1. The zero-order chi connectivity index (χ0) is 16.8. The fraction of sp³-hybridized carbons (Fsp3) is 0.333. The summed E-state index contributed by atoms with van der Waals surface area (Å²) in [5.41, 5.74) is -0.935. The summed E-state index contributed by atoms with van der Waals surface area (Å²) in [5, 5.41) is 11.6. The quantitative estimate of drug-likeness (QED) is 0.835. The molecule has 2 aliphatic heterocycles. The SMILES string of the molecule is O=C(Nc1cccc(C(F)(F)F)c1)[C@@H]1[C@H](C(=O)O)[C@H]2C=C[C@H]1O2. The maximum atomic E-state index is 12.7. The molecule has 4 atom stereocenters. The molecule has 0 aromatic heterocycles. The number of aliphatic carboxylic acids is 1. The van der Waals surface area contributed by atoms with E-state index in [1.807, 2.05) is 0 Å². The number of nitrogens with one attached hydrogen (secondary N) is 1. The van der Waals surface area contributed by atoms with Crippen LogP contribution in [0.3, 0.4) is 0 Å². The highest BCUT2D eigenvalue weighted by atomic mass is 19.4. The van der Waals surface area contributed by atoms with E-state index >= 15 is 0 Å². The molecule has 2 N–H and O–H groups in total. The van der Waals surface area contributed by atoms with Gasteiger partial charge in [0.1, 0.15) is 5.92 Å². The molecule has 1 saturated heterocycles. The lowest BCUT2D eigenvalue weighted by atomic mass is 9.82. The molecule has 122 valence electrons. The molecular formula is C15H12F3NO4. The molecular weight excluding hydrogens is 315 g/mol. The monoisotopic (exact) mass is 327 g/mol. The normalized spacial score (nSPS) is 28.8. The second-order valence-corrected chi connectivity index (χ2v) is 5.41. The van der Waals surface area contributed by atoms with E-state index in [1.54, 1.807) is 12.2 Å². The minimum absolute atomic E-state index is 0.0410. The van der Waals surface area contributed by atoms with E-state index in [4.69, 9.17) is 4.74 Å². The van der Waals surface area contributed by atoms with Gasteiger partial charge in [-0.25, -0.2) is 0 Å². The van der Waals surface area contributed by atoms with E-state index in [1.165, 1.54) is 12.1 Å². The molecule has 0 spiro atoms. The summed E-state index contributed by atoms with van der Waals surface area (Å²) < 4.78 is 43.4. The van der Waals surface area contributed by atoms with Gasteiger partial charge >= 0.3 is 12.1 Å². The minimum atomic E-state index is -4.53. The van der Waals surface area contributed by atoms with E-state index in [9.17, 15) is 27.9 Å². The molecule has 1 aromatic rings. The Bertz CT molecular complexity index is 686. The summed E-state index contributed by atoms with van der Waals surface area (Å²) in [6.07, 6.45) is -2.71. The standard InChI is InChI=1S/C15H12F3NO4/c16-15(17,18)7-2-1-3-8(6-7)19-13(20)11-9-4-5-10(23-9)12(11)14(21)22/h1-6,9-12H,(H,19,20)(H,21,22)/t9-,10-,11+,12-/m1/s1. The smallest absolute Gasteiger partial charge is 0.416 e. The molecule has 3 rings (SSSR count).